The molecule has 2 fully saturated rings. The lowest BCUT2D eigenvalue weighted by atomic mass is 9.94. The number of carbonyl (C=O) groups excluding carboxylic acids is 2. The first kappa shape index (κ1) is 18.4. The van der Waals surface area contributed by atoms with Crippen LogP contribution in [0.5, 0.6) is 0 Å². The van der Waals surface area contributed by atoms with Crippen LogP contribution in [0.1, 0.15) is 38.2 Å². The Labute approximate surface area is 153 Å². The number of amides is 2. The van der Waals surface area contributed by atoms with Gasteiger partial charge in [-0.15, -0.1) is 0 Å². The third-order valence-electron chi connectivity index (χ3n) is 5.72. The van der Waals surface area contributed by atoms with E-state index in [0.29, 0.717) is 25.6 Å². The van der Waals surface area contributed by atoms with Crippen molar-refractivity contribution in [1.29, 1.82) is 0 Å². The Balaban J connectivity index is 1.61. The number of hydrogen-bond donors (Lipinski definition) is 1. The van der Waals surface area contributed by atoms with E-state index in [9.17, 15) is 19.5 Å². The van der Waals surface area contributed by atoms with Gasteiger partial charge in [0.05, 0.1) is 0 Å². The Kier molecular flexibility index (Phi) is 5.59. The van der Waals surface area contributed by atoms with E-state index >= 15 is 0 Å². The molecule has 1 aliphatic heterocycles. The summed E-state index contributed by atoms with van der Waals surface area (Å²) in [5.41, 5.74) is 1.01. The Bertz CT molecular complexity index is 676. The van der Waals surface area contributed by atoms with Crippen molar-refractivity contribution >= 4 is 17.8 Å². The molecule has 1 aromatic carbocycles. The van der Waals surface area contributed by atoms with Crippen molar-refractivity contribution in [3.63, 3.8) is 0 Å². The normalized spacial score (nSPS) is 24.3. The summed E-state index contributed by atoms with van der Waals surface area (Å²) in [6, 6.07) is 8.94. The van der Waals surface area contributed by atoms with Crippen molar-refractivity contribution in [3.8, 4) is 0 Å². The maximum atomic E-state index is 12.7. The molecule has 2 amide bonds. The molecule has 2 aliphatic rings. The lowest BCUT2D eigenvalue weighted by Crippen LogP contribution is -2.44. The second-order valence-corrected chi connectivity index (χ2v) is 7.36. The molecule has 0 spiro atoms. The average molecular weight is 358 g/mol. The van der Waals surface area contributed by atoms with E-state index in [1.807, 2.05) is 30.3 Å². The molecule has 0 bridgehead atoms. The smallest absolute Gasteiger partial charge is 0.326 e. The predicted octanol–water partition coefficient (Wildman–Crippen LogP) is 2.14. The quantitative estimate of drug-likeness (QED) is 0.845. The summed E-state index contributed by atoms with van der Waals surface area (Å²) < 4.78 is 0. The standard InChI is InChI=1S/C20H26N2O4/c1-14(23)21(12-15-6-3-2-4-7-15)11-10-18(24)22-13-16-8-5-9-17(16)19(22)20(25)26/h2-4,6-7,16-17,19H,5,8-13H2,1H3,(H,25,26). The van der Waals surface area contributed by atoms with Crippen LogP contribution in [0.2, 0.25) is 0 Å². The third kappa shape index (κ3) is 3.89. The van der Waals surface area contributed by atoms with E-state index < -0.39 is 12.0 Å². The van der Waals surface area contributed by atoms with Crippen LogP contribution in [0.25, 0.3) is 0 Å². The number of rotatable bonds is 6. The van der Waals surface area contributed by atoms with Crippen molar-refractivity contribution < 1.29 is 19.5 Å². The van der Waals surface area contributed by atoms with Crippen molar-refractivity contribution in [3.05, 3.63) is 35.9 Å². The third-order valence-corrected chi connectivity index (χ3v) is 5.72. The molecule has 0 radical (unpaired) electrons. The zero-order valence-corrected chi connectivity index (χ0v) is 15.1. The maximum Gasteiger partial charge on any atom is 0.326 e. The molecule has 1 saturated carbocycles. The predicted molar refractivity (Wildman–Crippen MR) is 96.1 cm³/mol. The Morgan fingerprint density at radius 3 is 2.58 bits per heavy atom. The lowest BCUT2D eigenvalue weighted by molar-refractivity contribution is -0.150. The van der Waals surface area contributed by atoms with Gasteiger partial charge in [-0.05, 0) is 30.2 Å². The fourth-order valence-corrected chi connectivity index (χ4v) is 4.40. The summed E-state index contributed by atoms with van der Waals surface area (Å²) in [5.74, 6) is -0.751. The van der Waals surface area contributed by atoms with Gasteiger partial charge in [-0.1, -0.05) is 36.8 Å². The highest BCUT2D eigenvalue weighted by molar-refractivity contribution is 5.85. The van der Waals surface area contributed by atoms with Crippen LogP contribution >= 0.6 is 0 Å². The van der Waals surface area contributed by atoms with E-state index in [1.54, 1.807) is 4.90 Å². The highest BCUT2D eigenvalue weighted by atomic mass is 16.4. The van der Waals surface area contributed by atoms with Gasteiger partial charge in [-0.2, -0.15) is 0 Å². The van der Waals surface area contributed by atoms with Gasteiger partial charge in [0.1, 0.15) is 6.04 Å². The van der Waals surface area contributed by atoms with Crippen LogP contribution in [0.4, 0.5) is 0 Å². The molecule has 1 N–H and O–H groups in total. The molecule has 6 nitrogen and oxygen atoms in total. The zero-order chi connectivity index (χ0) is 18.7. The van der Waals surface area contributed by atoms with Gasteiger partial charge in [-0.25, -0.2) is 4.79 Å². The molecular formula is C20H26N2O4. The van der Waals surface area contributed by atoms with E-state index in [1.165, 1.54) is 11.8 Å². The number of benzene rings is 1. The number of nitrogens with zero attached hydrogens (tertiary/aromatic N) is 2. The average Bonchev–Trinajstić information content (AvgIpc) is 3.19. The van der Waals surface area contributed by atoms with Gasteiger partial charge >= 0.3 is 5.97 Å². The summed E-state index contributed by atoms with van der Waals surface area (Å²) in [6.45, 7) is 2.80. The molecule has 1 aromatic rings. The highest BCUT2D eigenvalue weighted by Gasteiger charge is 2.49. The summed E-state index contributed by atoms with van der Waals surface area (Å²) in [7, 11) is 0. The number of aliphatic carboxylic acids is 1. The topological polar surface area (TPSA) is 77.9 Å². The second-order valence-electron chi connectivity index (χ2n) is 7.36. The molecule has 3 unspecified atom stereocenters. The minimum absolute atomic E-state index is 0.0877. The van der Waals surface area contributed by atoms with Gasteiger partial charge in [0.2, 0.25) is 11.8 Å². The molecule has 6 heteroatoms. The zero-order valence-electron chi connectivity index (χ0n) is 15.1. The molecule has 1 heterocycles. The van der Waals surface area contributed by atoms with Gasteiger partial charge in [0.15, 0.2) is 0 Å². The minimum atomic E-state index is -0.902. The number of likely N-dealkylation sites (tertiary alicyclic amines) is 1. The maximum absolute atomic E-state index is 12.7. The van der Waals surface area contributed by atoms with E-state index in [2.05, 4.69) is 0 Å². The fraction of sp³-hybridized carbons (Fsp3) is 0.550. The monoisotopic (exact) mass is 358 g/mol. The molecule has 26 heavy (non-hydrogen) atoms. The number of carbonyl (C=O) groups is 3. The largest absolute Gasteiger partial charge is 0.480 e. The number of fused-ring (bicyclic) bond motifs is 1. The minimum Gasteiger partial charge on any atom is -0.480 e. The Hall–Kier alpha value is -2.37. The van der Waals surface area contributed by atoms with Crippen LogP contribution in [-0.2, 0) is 20.9 Å². The van der Waals surface area contributed by atoms with Crippen molar-refractivity contribution in [2.75, 3.05) is 13.1 Å². The lowest BCUT2D eigenvalue weighted by Gasteiger charge is -2.26. The van der Waals surface area contributed by atoms with Crippen molar-refractivity contribution in [2.45, 2.75) is 45.2 Å². The molecule has 1 aliphatic carbocycles. The SMILES string of the molecule is CC(=O)N(CCC(=O)N1CC2CCCC2C1C(=O)O)Cc1ccccc1. The van der Waals surface area contributed by atoms with E-state index in [4.69, 9.17) is 0 Å². The second kappa shape index (κ2) is 7.89. The number of carboxylic acids is 1. The van der Waals surface area contributed by atoms with Crippen LogP contribution in [0, 0.1) is 11.8 Å². The summed E-state index contributed by atoms with van der Waals surface area (Å²) in [4.78, 5) is 39.5. The number of hydrogen-bond acceptors (Lipinski definition) is 3. The summed E-state index contributed by atoms with van der Waals surface area (Å²) in [6.07, 6.45) is 3.11. The van der Waals surface area contributed by atoms with Crippen LogP contribution in [0.15, 0.2) is 30.3 Å². The first-order valence-corrected chi connectivity index (χ1v) is 9.29. The van der Waals surface area contributed by atoms with Crippen LogP contribution < -0.4 is 0 Å². The molecule has 3 atom stereocenters. The first-order chi connectivity index (χ1) is 12.5. The molecule has 3 rings (SSSR count). The van der Waals surface area contributed by atoms with E-state index in [-0.39, 0.29) is 24.2 Å². The molecule has 1 saturated heterocycles. The van der Waals surface area contributed by atoms with Crippen molar-refractivity contribution in [2.24, 2.45) is 11.8 Å². The Morgan fingerprint density at radius 1 is 1.19 bits per heavy atom. The van der Waals surface area contributed by atoms with Crippen LogP contribution in [-0.4, -0.2) is 51.8 Å². The first-order valence-electron chi connectivity index (χ1n) is 9.29. The summed E-state index contributed by atoms with van der Waals surface area (Å²) >= 11 is 0. The Morgan fingerprint density at radius 2 is 1.92 bits per heavy atom. The molecule has 0 aromatic heterocycles. The molecular weight excluding hydrogens is 332 g/mol. The van der Waals surface area contributed by atoms with Gasteiger partial charge in [0, 0.05) is 33.0 Å². The summed E-state index contributed by atoms with van der Waals surface area (Å²) in [5, 5.41) is 9.58. The fourth-order valence-electron chi connectivity index (χ4n) is 4.40. The highest BCUT2D eigenvalue weighted by Crippen LogP contribution is 2.42. The van der Waals surface area contributed by atoms with Gasteiger partial charge in [0.25, 0.3) is 0 Å². The van der Waals surface area contributed by atoms with Crippen LogP contribution in [0.3, 0.4) is 0 Å². The number of carboxylic acid groups (broad SMARTS) is 1. The van der Waals surface area contributed by atoms with Crippen molar-refractivity contribution in [1.82, 2.24) is 9.80 Å². The van der Waals surface area contributed by atoms with E-state index in [0.717, 1.165) is 24.8 Å². The van der Waals surface area contributed by atoms with Gasteiger partial charge in [-0.3, -0.25) is 9.59 Å². The molecule has 140 valence electrons. The van der Waals surface area contributed by atoms with Gasteiger partial charge < -0.3 is 14.9 Å².